The Morgan fingerprint density at radius 1 is 1.40 bits per heavy atom. The highest BCUT2D eigenvalue weighted by atomic mass is 35.5. The number of hydrogen-bond donors (Lipinski definition) is 2. The van der Waals surface area contributed by atoms with Crippen LogP contribution in [0.15, 0.2) is 17.8 Å². The van der Waals surface area contributed by atoms with Crippen LogP contribution >= 0.6 is 23.2 Å². The minimum atomic E-state index is -1.46. The first kappa shape index (κ1) is 16.4. The molecule has 8 heteroatoms. The first-order chi connectivity index (χ1) is 9.23. The molecule has 0 aliphatic rings. The molecule has 1 aromatic rings. The standard InChI is InChI=1S/C12H11Cl2FN2O3/c1-5(2)16-4-7(12(19)20)9(18)6-3-8(15)11(14)17-10(6)13/h3-5,16H,1-2H3,(H,19,20). The number of halogens is 3. The van der Waals surface area contributed by atoms with E-state index in [2.05, 4.69) is 10.3 Å². The second-order valence-corrected chi connectivity index (χ2v) is 4.83. The van der Waals surface area contributed by atoms with Crippen molar-refractivity contribution in [2.45, 2.75) is 19.9 Å². The lowest BCUT2D eigenvalue weighted by atomic mass is 10.1. The fourth-order valence-electron chi connectivity index (χ4n) is 1.22. The predicted octanol–water partition coefficient (Wildman–Crippen LogP) is 2.68. The van der Waals surface area contributed by atoms with E-state index >= 15 is 0 Å². The molecule has 0 bridgehead atoms. The number of aromatic nitrogens is 1. The van der Waals surface area contributed by atoms with Gasteiger partial charge in [-0.15, -0.1) is 0 Å². The van der Waals surface area contributed by atoms with Crippen molar-refractivity contribution < 1.29 is 19.1 Å². The second kappa shape index (κ2) is 6.67. The Bertz CT molecular complexity index is 588. The lowest BCUT2D eigenvalue weighted by Gasteiger charge is -2.08. The number of carbonyl (C=O) groups is 2. The van der Waals surface area contributed by atoms with Crippen molar-refractivity contribution in [3.8, 4) is 0 Å². The molecule has 0 fully saturated rings. The van der Waals surface area contributed by atoms with E-state index in [0.29, 0.717) is 0 Å². The van der Waals surface area contributed by atoms with Crippen LogP contribution in [0.1, 0.15) is 24.2 Å². The van der Waals surface area contributed by atoms with Crippen LogP contribution in [-0.4, -0.2) is 27.9 Å². The number of Topliss-reactive ketones (excluding diaryl/α,β-unsaturated/α-hetero) is 1. The van der Waals surface area contributed by atoms with E-state index in [4.69, 9.17) is 28.3 Å². The number of nitrogens with one attached hydrogen (secondary N) is 1. The van der Waals surface area contributed by atoms with Gasteiger partial charge in [-0.05, 0) is 19.9 Å². The van der Waals surface area contributed by atoms with Gasteiger partial charge in [0.2, 0.25) is 5.78 Å². The quantitative estimate of drug-likeness (QED) is 0.287. The molecular formula is C12H11Cl2FN2O3. The van der Waals surface area contributed by atoms with Gasteiger partial charge in [0, 0.05) is 12.2 Å². The summed E-state index contributed by atoms with van der Waals surface area (Å²) >= 11 is 11.1. The van der Waals surface area contributed by atoms with Crippen LogP contribution in [0, 0.1) is 5.82 Å². The Morgan fingerprint density at radius 3 is 2.50 bits per heavy atom. The highest BCUT2D eigenvalue weighted by Crippen LogP contribution is 2.22. The number of carbonyl (C=O) groups excluding carboxylic acids is 1. The van der Waals surface area contributed by atoms with Crippen molar-refractivity contribution in [2.24, 2.45) is 0 Å². The van der Waals surface area contributed by atoms with Crippen LogP contribution < -0.4 is 5.32 Å². The molecule has 0 aliphatic carbocycles. The van der Waals surface area contributed by atoms with Gasteiger partial charge in [-0.25, -0.2) is 14.2 Å². The van der Waals surface area contributed by atoms with Gasteiger partial charge < -0.3 is 10.4 Å². The molecule has 0 unspecified atom stereocenters. The molecule has 2 N–H and O–H groups in total. The van der Waals surface area contributed by atoms with E-state index in [1.165, 1.54) is 0 Å². The van der Waals surface area contributed by atoms with Crippen molar-refractivity contribution in [1.82, 2.24) is 10.3 Å². The Morgan fingerprint density at radius 2 is 2.00 bits per heavy atom. The van der Waals surface area contributed by atoms with Crippen molar-refractivity contribution >= 4 is 35.0 Å². The Balaban J connectivity index is 3.23. The van der Waals surface area contributed by atoms with E-state index in [1.807, 2.05) is 0 Å². The van der Waals surface area contributed by atoms with Crippen molar-refractivity contribution in [2.75, 3.05) is 0 Å². The summed E-state index contributed by atoms with van der Waals surface area (Å²) in [4.78, 5) is 26.6. The number of nitrogens with zero attached hydrogens (tertiary/aromatic N) is 1. The van der Waals surface area contributed by atoms with Crippen LogP contribution in [0.4, 0.5) is 4.39 Å². The monoisotopic (exact) mass is 320 g/mol. The van der Waals surface area contributed by atoms with Gasteiger partial charge in [-0.3, -0.25) is 4.79 Å². The molecule has 0 aromatic carbocycles. The third-order valence-corrected chi connectivity index (χ3v) is 2.72. The molecule has 0 aliphatic heterocycles. The van der Waals surface area contributed by atoms with Gasteiger partial charge in [0.05, 0.1) is 5.56 Å². The Hall–Kier alpha value is -1.66. The van der Waals surface area contributed by atoms with Crippen LogP contribution in [0.3, 0.4) is 0 Å². The molecule has 20 heavy (non-hydrogen) atoms. The van der Waals surface area contributed by atoms with E-state index in [9.17, 15) is 14.0 Å². The smallest absolute Gasteiger partial charge is 0.341 e. The number of pyridine rings is 1. The van der Waals surface area contributed by atoms with Crippen LogP contribution in [0.2, 0.25) is 10.3 Å². The first-order valence-electron chi connectivity index (χ1n) is 5.49. The fourth-order valence-corrected chi connectivity index (χ4v) is 1.63. The number of ketones is 1. The highest BCUT2D eigenvalue weighted by Gasteiger charge is 2.23. The molecule has 108 valence electrons. The summed E-state index contributed by atoms with van der Waals surface area (Å²) in [6.07, 6.45) is 1.04. The number of carboxylic acid groups (broad SMARTS) is 1. The number of aliphatic carboxylic acids is 1. The molecule has 0 saturated heterocycles. The maximum absolute atomic E-state index is 13.3. The van der Waals surface area contributed by atoms with Gasteiger partial charge in [-0.1, -0.05) is 23.2 Å². The summed E-state index contributed by atoms with van der Waals surface area (Å²) in [5, 5.41) is 10.8. The number of hydrogen-bond acceptors (Lipinski definition) is 4. The summed E-state index contributed by atoms with van der Waals surface area (Å²) in [6, 6.07) is 0.680. The molecular weight excluding hydrogens is 310 g/mol. The lowest BCUT2D eigenvalue weighted by Crippen LogP contribution is -2.22. The van der Waals surface area contributed by atoms with Crippen LogP contribution in [0.5, 0.6) is 0 Å². The molecule has 5 nitrogen and oxygen atoms in total. The normalized spacial score (nSPS) is 11.6. The van der Waals surface area contributed by atoms with Gasteiger partial charge in [-0.2, -0.15) is 0 Å². The Labute approximate surface area is 124 Å². The van der Waals surface area contributed by atoms with Crippen molar-refractivity contribution in [3.05, 3.63) is 39.5 Å². The third kappa shape index (κ3) is 3.91. The maximum Gasteiger partial charge on any atom is 0.341 e. The molecule has 1 aromatic heterocycles. The zero-order chi connectivity index (χ0) is 15.4. The average Bonchev–Trinajstić information content (AvgIpc) is 2.32. The maximum atomic E-state index is 13.3. The zero-order valence-electron chi connectivity index (χ0n) is 10.6. The molecule has 0 radical (unpaired) electrons. The average molecular weight is 321 g/mol. The van der Waals surface area contributed by atoms with Gasteiger partial charge in [0.25, 0.3) is 0 Å². The SMILES string of the molecule is CC(C)NC=C(C(=O)O)C(=O)c1cc(F)c(Cl)nc1Cl. The van der Waals surface area contributed by atoms with Gasteiger partial charge >= 0.3 is 5.97 Å². The molecule has 1 heterocycles. The van der Waals surface area contributed by atoms with Crippen LogP contribution in [-0.2, 0) is 4.79 Å². The summed E-state index contributed by atoms with van der Waals surface area (Å²) in [7, 11) is 0. The van der Waals surface area contributed by atoms with Gasteiger partial charge in [0.1, 0.15) is 10.7 Å². The van der Waals surface area contributed by atoms with E-state index < -0.39 is 28.3 Å². The third-order valence-electron chi connectivity index (χ3n) is 2.17. The first-order valence-corrected chi connectivity index (χ1v) is 6.25. The number of carboxylic acids is 1. The largest absolute Gasteiger partial charge is 0.477 e. The lowest BCUT2D eigenvalue weighted by molar-refractivity contribution is -0.132. The fraction of sp³-hybridized carbons (Fsp3) is 0.250. The van der Waals surface area contributed by atoms with E-state index in [1.54, 1.807) is 13.8 Å². The molecule has 0 spiro atoms. The summed E-state index contributed by atoms with van der Waals surface area (Å²) < 4.78 is 13.3. The molecule has 1 rings (SSSR count). The van der Waals surface area contributed by atoms with Gasteiger partial charge in [0.15, 0.2) is 11.0 Å². The number of rotatable bonds is 5. The molecule has 0 amide bonds. The Kier molecular flexibility index (Phi) is 5.47. The second-order valence-electron chi connectivity index (χ2n) is 4.11. The topological polar surface area (TPSA) is 79.3 Å². The van der Waals surface area contributed by atoms with E-state index in [-0.39, 0.29) is 16.8 Å². The molecule has 0 atom stereocenters. The minimum Gasteiger partial charge on any atom is -0.477 e. The predicted molar refractivity (Wildman–Crippen MR) is 72.5 cm³/mol. The van der Waals surface area contributed by atoms with Crippen molar-refractivity contribution in [1.29, 1.82) is 0 Å². The van der Waals surface area contributed by atoms with E-state index in [0.717, 1.165) is 12.3 Å². The zero-order valence-corrected chi connectivity index (χ0v) is 12.1. The molecule has 0 saturated carbocycles. The minimum absolute atomic E-state index is 0.0762. The van der Waals surface area contributed by atoms with Crippen molar-refractivity contribution in [3.63, 3.8) is 0 Å². The highest BCUT2D eigenvalue weighted by molar-refractivity contribution is 6.37. The summed E-state index contributed by atoms with van der Waals surface area (Å²) in [6.45, 7) is 3.52. The summed E-state index contributed by atoms with van der Waals surface area (Å²) in [5.74, 6) is -3.38. The van der Waals surface area contributed by atoms with Crippen LogP contribution in [0.25, 0.3) is 0 Å². The summed E-state index contributed by atoms with van der Waals surface area (Å²) in [5.41, 5.74) is -0.947.